The first-order valence-electron chi connectivity index (χ1n) is 28.9. The molecule has 6 aromatic heterocycles. The van der Waals surface area contributed by atoms with E-state index in [2.05, 4.69) is 25.9 Å². The van der Waals surface area contributed by atoms with Crippen molar-refractivity contribution < 1.29 is 48.2 Å². The van der Waals surface area contributed by atoms with E-state index in [1.807, 2.05) is 99.0 Å². The number of nitrogens with zero attached hydrogens (tertiary/aromatic N) is 10. The second-order valence-electron chi connectivity index (χ2n) is 21.8. The Hall–Kier alpha value is -7.90. The Morgan fingerprint density at radius 2 is 1.08 bits per heavy atom. The molecule has 4 aliphatic heterocycles. The van der Waals surface area contributed by atoms with E-state index < -0.39 is 7.12 Å². The third-order valence-electron chi connectivity index (χ3n) is 16.7. The molecule has 0 bridgehead atoms. The molecule has 2 aliphatic carbocycles. The summed E-state index contributed by atoms with van der Waals surface area (Å²) in [4.78, 5) is 69.1. The van der Waals surface area contributed by atoms with Crippen LogP contribution in [0.1, 0.15) is 83.5 Å². The molecule has 14 rings (SSSR count). The number of halogens is 1. The molecule has 86 heavy (non-hydrogen) atoms. The van der Waals surface area contributed by atoms with Gasteiger partial charge in [0.25, 0.3) is 11.8 Å². The monoisotopic (exact) mass is 1260 g/mol. The van der Waals surface area contributed by atoms with Crippen LogP contribution in [0.5, 0.6) is 23.0 Å². The van der Waals surface area contributed by atoms with Crippen molar-refractivity contribution in [3.8, 4) is 68.0 Å². The zero-order chi connectivity index (χ0) is 59.4. The summed E-state index contributed by atoms with van der Waals surface area (Å²) in [6.45, 7) is 5.20. The Bertz CT molecular complexity index is 3750. The lowest BCUT2D eigenvalue weighted by atomic mass is 9.82. The SMILES string of the molecule is COc1cc2c(cc1-c1cccnc1)-c1c(c(C(=O)N3CCCN(C(=O)C4CCC4)CC3)nn1-c1ccsc1)CO2.COc1cc2c(cc1Br)-c1c(c(C(=O)N3CCCN(C(=O)C4CCC4)CC3)nn1-c1ccsc1)CO2.OB(O)c1cccnc1. The fraction of sp³-hybridized carbons (Fsp3) is 0.355. The van der Waals surface area contributed by atoms with Crippen LogP contribution in [0.4, 0.5) is 0 Å². The van der Waals surface area contributed by atoms with E-state index in [0.717, 1.165) is 112 Å². The smallest absolute Gasteiger partial charge is 0.490 e. The number of ether oxygens (including phenoxy) is 4. The molecule has 24 heteroatoms. The van der Waals surface area contributed by atoms with Gasteiger partial charge in [-0.2, -0.15) is 32.9 Å². The van der Waals surface area contributed by atoms with Crippen molar-refractivity contribution in [2.45, 2.75) is 64.6 Å². The normalized spacial score (nSPS) is 16.2. The number of thiophene rings is 2. The van der Waals surface area contributed by atoms with E-state index in [1.165, 1.54) is 6.20 Å². The lowest BCUT2D eigenvalue weighted by Gasteiger charge is -2.31. The van der Waals surface area contributed by atoms with Gasteiger partial charge in [-0.1, -0.05) is 25.0 Å². The van der Waals surface area contributed by atoms with E-state index >= 15 is 0 Å². The molecule has 6 aliphatic rings. The van der Waals surface area contributed by atoms with Crippen LogP contribution in [-0.2, 0) is 22.8 Å². The van der Waals surface area contributed by atoms with Gasteiger partial charge in [0.2, 0.25) is 11.8 Å². The number of aromatic nitrogens is 6. The molecule has 0 radical (unpaired) electrons. The van der Waals surface area contributed by atoms with E-state index in [1.54, 1.807) is 67.6 Å². The molecular formula is C62H64BBrN10O10S2. The van der Waals surface area contributed by atoms with Crippen molar-refractivity contribution in [1.29, 1.82) is 0 Å². The minimum atomic E-state index is -1.40. The minimum absolute atomic E-state index is 0.113. The molecule has 0 atom stereocenters. The van der Waals surface area contributed by atoms with Crippen molar-refractivity contribution in [1.82, 2.24) is 49.1 Å². The first-order valence-corrected chi connectivity index (χ1v) is 31.6. The van der Waals surface area contributed by atoms with Gasteiger partial charge in [0, 0.05) is 151 Å². The van der Waals surface area contributed by atoms with Gasteiger partial charge in [0.05, 0.1) is 41.5 Å². The van der Waals surface area contributed by atoms with Crippen LogP contribution in [0.15, 0.2) is 111 Å². The summed E-state index contributed by atoms with van der Waals surface area (Å²) in [6, 6.07) is 18.9. The van der Waals surface area contributed by atoms with Crippen LogP contribution in [0.3, 0.4) is 0 Å². The summed E-state index contributed by atoms with van der Waals surface area (Å²) in [5.41, 5.74) is 9.77. The predicted molar refractivity (Wildman–Crippen MR) is 329 cm³/mol. The molecule has 2 N–H and O–H groups in total. The van der Waals surface area contributed by atoms with E-state index in [4.69, 9.17) is 39.2 Å². The highest BCUT2D eigenvalue weighted by molar-refractivity contribution is 9.10. The topological polar surface area (TPSA) is 220 Å². The molecule has 2 aromatic carbocycles. The molecule has 20 nitrogen and oxygen atoms in total. The van der Waals surface area contributed by atoms with Gasteiger partial charge in [-0.15, -0.1) is 0 Å². The third kappa shape index (κ3) is 11.9. The van der Waals surface area contributed by atoms with Crippen LogP contribution in [0.25, 0.3) is 45.0 Å². The maximum atomic E-state index is 14.1. The van der Waals surface area contributed by atoms with Gasteiger partial charge in [0.15, 0.2) is 11.4 Å². The van der Waals surface area contributed by atoms with E-state index in [9.17, 15) is 19.2 Å². The number of fused-ring (bicyclic) bond motifs is 6. The van der Waals surface area contributed by atoms with Gasteiger partial charge < -0.3 is 48.6 Å². The number of benzene rings is 2. The first-order chi connectivity index (χ1) is 42.0. The second-order valence-corrected chi connectivity index (χ2v) is 24.3. The summed E-state index contributed by atoms with van der Waals surface area (Å²) in [5, 5.41) is 34.9. The Morgan fingerprint density at radius 1 is 0.593 bits per heavy atom. The fourth-order valence-electron chi connectivity index (χ4n) is 11.6. The molecule has 2 saturated carbocycles. The maximum absolute atomic E-state index is 14.1. The molecule has 10 heterocycles. The molecule has 0 unspecified atom stereocenters. The zero-order valence-electron chi connectivity index (χ0n) is 47.7. The quantitative estimate of drug-likeness (QED) is 0.123. The zero-order valence-corrected chi connectivity index (χ0v) is 50.9. The molecular weight excluding hydrogens is 1200 g/mol. The Labute approximate surface area is 514 Å². The van der Waals surface area contributed by atoms with E-state index in [-0.39, 0.29) is 48.7 Å². The van der Waals surface area contributed by atoms with Crippen molar-refractivity contribution in [2.24, 2.45) is 11.8 Å². The van der Waals surface area contributed by atoms with Gasteiger partial charge in [-0.25, -0.2) is 9.36 Å². The fourth-order valence-corrected chi connectivity index (χ4v) is 13.3. The predicted octanol–water partition coefficient (Wildman–Crippen LogP) is 8.54. The summed E-state index contributed by atoms with van der Waals surface area (Å²) < 4.78 is 28.0. The average molecular weight is 1260 g/mol. The standard InChI is InChI=1S/C31H31N5O4S.C26H27BrN4O4S.C5H6BNO2/c1-39-26-16-27-24(15-23(26)21-7-3-9-32-17-21)29-25(18-40-27)28(33-36(29)22-8-14-41-19-22)31(38)35-11-4-10-34(12-13-35)30(37)20-5-2-6-20;1-34-22-13-21-18(12-20(22)27)24-19(14-35-21)23(28-31(24)17-6-11-36-15-17)26(33)30-8-3-7-29(9-10-30)25(32)16-4-2-5-16;8-6(9)5-2-1-3-7-4-5/h3,7-9,14-17,19-20H,2,4-6,10-13,18H2,1H3;6,11-13,15-16H,2-5,7-10,14H2,1H3;1-4,8-9H. The Kier molecular flexibility index (Phi) is 17.7. The van der Waals surface area contributed by atoms with Crippen LogP contribution in [-0.4, -0.2) is 157 Å². The van der Waals surface area contributed by atoms with Crippen molar-refractivity contribution in [3.05, 3.63) is 134 Å². The minimum Gasteiger partial charge on any atom is -0.496 e. The number of hydrogen-bond acceptors (Lipinski definition) is 16. The third-order valence-corrected chi connectivity index (χ3v) is 18.7. The van der Waals surface area contributed by atoms with Crippen LogP contribution in [0, 0.1) is 11.8 Å². The molecule has 4 fully saturated rings. The average Bonchev–Trinajstić information content (AvgIpc) is 1.74. The highest BCUT2D eigenvalue weighted by Crippen LogP contribution is 2.48. The van der Waals surface area contributed by atoms with Crippen LogP contribution >= 0.6 is 38.6 Å². The number of hydrogen-bond donors (Lipinski definition) is 2. The van der Waals surface area contributed by atoms with Gasteiger partial charge >= 0.3 is 7.12 Å². The van der Waals surface area contributed by atoms with Crippen molar-refractivity contribution in [2.75, 3.05) is 66.6 Å². The summed E-state index contributed by atoms with van der Waals surface area (Å²) >= 11 is 6.75. The Morgan fingerprint density at radius 3 is 1.51 bits per heavy atom. The van der Waals surface area contributed by atoms with Crippen molar-refractivity contribution >= 4 is 74.8 Å². The van der Waals surface area contributed by atoms with E-state index in [0.29, 0.717) is 92.2 Å². The number of methoxy groups -OCH3 is 2. The summed E-state index contributed by atoms with van der Waals surface area (Å²) in [7, 11) is 1.86. The molecule has 444 valence electrons. The highest BCUT2D eigenvalue weighted by Gasteiger charge is 2.38. The van der Waals surface area contributed by atoms with Crippen LogP contribution < -0.4 is 24.4 Å². The van der Waals surface area contributed by atoms with Gasteiger partial charge in [-0.05, 0) is 102 Å². The molecule has 2 saturated heterocycles. The number of carbonyl (C=O) groups excluding carboxylic acids is 4. The highest BCUT2D eigenvalue weighted by atomic mass is 79.9. The number of amides is 4. The first kappa shape index (κ1) is 58.5. The molecule has 0 spiro atoms. The number of pyridine rings is 2. The van der Waals surface area contributed by atoms with Crippen LogP contribution in [0.2, 0.25) is 0 Å². The summed E-state index contributed by atoms with van der Waals surface area (Å²) in [5.74, 6) is 3.34. The lowest BCUT2D eigenvalue weighted by Crippen LogP contribution is -2.41. The summed E-state index contributed by atoms with van der Waals surface area (Å²) in [6.07, 6.45) is 14.3. The maximum Gasteiger partial charge on any atom is 0.490 e. The van der Waals surface area contributed by atoms with Gasteiger partial charge in [-0.3, -0.25) is 29.1 Å². The molecule has 4 amide bonds. The molecule has 8 aromatic rings. The van der Waals surface area contributed by atoms with Gasteiger partial charge in [0.1, 0.15) is 36.2 Å². The Balaban J connectivity index is 0.000000148. The number of carbonyl (C=O) groups is 4. The second kappa shape index (κ2) is 26.0. The largest absolute Gasteiger partial charge is 0.496 e. The van der Waals surface area contributed by atoms with Crippen molar-refractivity contribution in [3.63, 3.8) is 0 Å². The lowest BCUT2D eigenvalue weighted by molar-refractivity contribution is -0.138. The number of rotatable bonds is 10.